The van der Waals surface area contributed by atoms with Gasteiger partial charge >= 0.3 is 0 Å². The van der Waals surface area contributed by atoms with Crippen molar-refractivity contribution in [3.8, 4) is 0 Å². The largest absolute Gasteiger partial charge is 0.364 e. The van der Waals surface area contributed by atoms with E-state index in [9.17, 15) is 4.79 Å². The van der Waals surface area contributed by atoms with E-state index in [1.807, 2.05) is 20.8 Å². The second-order valence-electron chi connectivity index (χ2n) is 4.95. The average molecular weight is 228 g/mol. The summed E-state index contributed by atoms with van der Waals surface area (Å²) in [6, 6.07) is 0.167. The Morgan fingerprint density at radius 2 is 2.12 bits per heavy atom. The van der Waals surface area contributed by atoms with Crippen molar-refractivity contribution in [2.24, 2.45) is 5.92 Å². The van der Waals surface area contributed by atoms with Crippen LogP contribution in [0.15, 0.2) is 0 Å². The number of amides is 1. The van der Waals surface area contributed by atoms with Crippen molar-refractivity contribution in [2.45, 2.75) is 52.4 Å². The number of rotatable bonds is 4. The first-order valence-electron chi connectivity index (χ1n) is 6.17. The van der Waals surface area contributed by atoms with Crippen molar-refractivity contribution < 1.29 is 9.53 Å². The molecule has 1 heterocycles. The molecule has 4 heteroatoms. The molecule has 1 amide bonds. The highest BCUT2D eigenvalue weighted by Crippen LogP contribution is 2.16. The van der Waals surface area contributed by atoms with Crippen LogP contribution in [0.3, 0.4) is 0 Å². The molecule has 1 fully saturated rings. The van der Waals surface area contributed by atoms with Crippen LogP contribution < -0.4 is 10.6 Å². The molecule has 3 unspecified atom stereocenters. The molecule has 1 saturated heterocycles. The third kappa shape index (κ3) is 4.10. The van der Waals surface area contributed by atoms with Crippen LogP contribution in [0.5, 0.6) is 0 Å². The van der Waals surface area contributed by atoms with Gasteiger partial charge in [0.1, 0.15) is 6.10 Å². The zero-order chi connectivity index (χ0) is 12.1. The van der Waals surface area contributed by atoms with Crippen LogP contribution in [-0.2, 0) is 9.53 Å². The lowest BCUT2D eigenvalue weighted by molar-refractivity contribution is -0.138. The fourth-order valence-electron chi connectivity index (χ4n) is 1.87. The third-order valence-corrected chi connectivity index (χ3v) is 2.94. The van der Waals surface area contributed by atoms with E-state index in [0.29, 0.717) is 5.92 Å². The Hall–Kier alpha value is -0.610. The first-order chi connectivity index (χ1) is 7.50. The van der Waals surface area contributed by atoms with Crippen LogP contribution in [0.4, 0.5) is 0 Å². The van der Waals surface area contributed by atoms with Gasteiger partial charge in [-0.1, -0.05) is 6.92 Å². The van der Waals surface area contributed by atoms with Gasteiger partial charge in [0, 0.05) is 12.6 Å². The van der Waals surface area contributed by atoms with Crippen LogP contribution in [0.2, 0.25) is 0 Å². The summed E-state index contributed by atoms with van der Waals surface area (Å²) in [6.07, 6.45) is 0.903. The topological polar surface area (TPSA) is 50.4 Å². The fraction of sp³-hybridized carbons (Fsp3) is 0.917. The van der Waals surface area contributed by atoms with Crippen LogP contribution in [0.1, 0.15) is 34.1 Å². The highest BCUT2D eigenvalue weighted by molar-refractivity contribution is 5.80. The Kier molecular flexibility index (Phi) is 5.22. The molecule has 0 saturated carbocycles. The summed E-state index contributed by atoms with van der Waals surface area (Å²) in [5.41, 5.74) is 0. The molecular weight excluding hydrogens is 204 g/mol. The maximum absolute atomic E-state index is 11.7. The molecule has 0 spiro atoms. The second-order valence-corrected chi connectivity index (χ2v) is 4.95. The summed E-state index contributed by atoms with van der Waals surface area (Å²) >= 11 is 0. The summed E-state index contributed by atoms with van der Waals surface area (Å²) in [7, 11) is 0. The number of hydrogen-bond acceptors (Lipinski definition) is 3. The molecule has 4 nitrogen and oxygen atoms in total. The van der Waals surface area contributed by atoms with E-state index in [-0.39, 0.29) is 24.2 Å². The van der Waals surface area contributed by atoms with E-state index in [1.54, 1.807) is 0 Å². The molecule has 16 heavy (non-hydrogen) atoms. The first-order valence-corrected chi connectivity index (χ1v) is 6.17. The molecule has 0 aliphatic carbocycles. The molecule has 1 rings (SSSR count). The molecular formula is C12H24N2O2. The number of hydrogen-bond donors (Lipinski definition) is 2. The number of nitrogens with one attached hydrogen (secondary N) is 2. The fourth-order valence-corrected chi connectivity index (χ4v) is 1.87. The van der Waals surface area contributed by atoms with Gasteiger partial charge in [0.15, 0.2) is 0 Å². The number of carbonyl (C=O) groups is 1. The van der Waals surface area contributed by atoms with Crippen molar-refractivity contribution in [1.82, 2.24) is 10.6 Å². The van der Waals surface area contributed by atoms with E-state index >= 15 is 0 Å². The average Bonchev–Trinajstić information content (AvgIpc) is 2.20. The minimum absolute atomic E-state index is 0.0206. The lowest BCUT2D eigenvalue weighted by atomic mass is 9.97. The summed E-state index contributed by atoms with van der Waals surface area (Å²) in [5, 5.41) is 6.16. The molecule has 0 bridgehead atoms. The van der Waals surface area contributed by atoms with E-state index < -0.39 is 0 Å². The molecule has 3 atom stereocenters. The summed E-state index contributed by atoms with van der Waals surface area (Å²) in [4.78, 5) is 11.7. The van der Waals surface area contributed by atoms with Crippen LogP contribution in [0, 0.1) is 5.92 Å². The summed E-state index contributed by atoms with van der Waals surface area (Å²) < 4.78 is 5.79. The number of ether oxygens (including phenoxy) is 1. The van der Waals surface area contributed by atoms with Gasteiger partial charge in [-0.25, -0.2) is 0 Å². The normalized spacial score (nSPS) is 27.8. The Bertz CT molecular complexity index is 231. The smallest absolute Gasteiger partial charge is 0.249 e. The molecule has 94 valence electrons. The van der Waals surface area contributed by atoms with Gasteiger partial charge in [0.05, 0.1) is 6.10 Å². The van der Waals surface area contributed by atoms with E-state index in [0.717, 1.165) is 19.5 Å². The van der Waals surface area contributed by atoms with Crippen molar-refractivity contribution in [3.63, 3.8) is 0 Å². The predicted molar refractivity (Wildman–Crippen MR) is 64.3 cm³/mol. The molecule has 0 aromatic carbocycles. The SMILES string of the molecule is CC(C)NC(=O)C(C)OC1CNCCC1C. The molecule has 0 radical (unpaired) electrons. The van der Waals surface area contributed by atoms with E-state index in [4.69, 9.17) is 4.74 Å². The Balaban J connectivity index is 2.37. The highest BCUT2D eigenvalue weighted by Gasteiger charge is 2.26. The minimum Gasteiger partial charge on any atom is -0.364 e. The van der Waals surface area contributed by atoms with E-state index in [2.05, 4.69) is 17.6 Å². The third-order valence-electron chi connectivity index (χ3n) is 2.94. The summed E-state index contributed by atoms with van der Waals surface area (Å²) in [6.45, 7) is 9.80. The van der Waals surface area contributed by atoms with Crippen molar-refractivity contribution in [3.05, 3.63) is 0 Å². The van der Waals surface area contributed by atoms with Crippen molar-refractivity contribution in [1.29, 1.82) is 0 Å². The van der Waals surface area contributed by atoms with Crippen LogP contribution >= 0.6 is 0 Å². The Morgan fingerprint density at radius 1 is 1.44 bits per heavy atom. The van der Waals surface area contributed by atoms with Crippen molar-refractivity contribution in [2.75, 3.05) is 13.1 Å². The van der Waals surface area contributed by atoms with Crippen LogP contribution in [0.25, 0.3) is 0 Å². The monoisotopic (exact) mass is 228 g/mol. The number of piperidine rings is 1. The predicted octanol–water partition coefficient (Wildman–Crippen LogP) is 0.914. The maximum atomic E-state index is 11.7. The quantitative estimate of drug-likeness (QED) is 0.752. The lowest BCUT2D eigenvalue weighted by Crippen LogP contribution is -2.46. The van der Waals surface area contributed by atoms with Crippen LogP contribution in [-0.4, -0.2) is 37.2 Å². The standard InChI is InChI=1S/C12H24N2O2/c1-8(2)14-12(15)10(4)16-11-7-13-6-5-9(11)3/h8-11,13H,5-7H2,1-4H3,(H,14,15). The summed E-state index contributed by atoms with van der Waals surface area (Å²) in [5.74, 6) is 0.503. The van der Waals surface area contributed by atoms with Gasteiger partial charge in [-0.2, -0.15) is 0 Å². The zero-order valence-electron chi connectivity index (χ0n) is 10.7. The molecule has 0 aromatic rings. The zero-order valence-corrected chi connectivity index (χ0v) is 10.7. The van der Waals surface area contributed by atoms with Gasteiger partial charge in [-0.3, -0.25) is 4.79 Å². The van der Waals surface area contributed by atoms with Gasteiger partial charge in [0.2, 0.25) is 5.91 Å². The van der Waals surface area contributed by atoms with E-state index in [1.165, 1.54) is 0 Å². The Morgan fingerprint density at radius 3 is 2.69 bits per heavy atom. The van der Waals surface area contributed by atoms with Gasteiger partial charge in [-0.05, 0) is 39.7 Å². The Labute approximate surface area is 98.1 Å². The molecule has 2 N–H and O–H groups in total. The van der Waals surface area contributed by atoms with Gasteiger partial charge < -0.3 is 15.4 Å². The maximum Gasteiger partial charge on any atom is 0.249 e. The first kappa shape index (κ1) is 13.5. The number of carbonyl (C=O) groups excluding carboxylic acids is 1. The highest BCUT2D eigenvalue weighted by atomic mass is 16.5. The minimum atomic E-state index is -0.366. The van der Waals surface area contributed by atoms with Crippen molar-refractivity contribution >= 4 is 5.91 Å². The second kappa shape index (κ2) is 6.21. The van der Waals surface area contributed by atoms with Gasteiger partial charge in [0.25, 0.3) is 0 Å². The molecule has 1 aliphatic heterocycles. The van der Waals surface area contributed by atoms with Gasteiger partial charge in [-0.15, -0.1) is 0 Å². The lowest BCUT2D eigenvalue weighted by Gasteiger charge is -2.31. The molecule has 1 aliphatic rings. The molecule has 0 aromatic heterocycles.